The van der Waals surface area contributed by atoms with E-state index in [1.807, 2.05) is 6.08 Å². The second kappa shape index (κ2) is 3.89. The summed E-state index contributed by atoms with van der Waals surface area (Å²) in [6.45, 7) is 7.62. The van der Waals surface area contributed by atoms with E-state index < -0.39 is 5.79 Å². The molecule has 1 aliphatic heterocycles. The Bertz CT molecular complexity index is 245. The van der Waals surface area contributed by atoms with E-state index in [1.165, 1.54) is 0 Å². The van der Waals surface area contributed by atoms with Gasteiger partial charge in [-0.2, -0.15) is 0 Å². The van der Waals surface area contributed by atoms with Crippen LogP contribution in [0.25, 0.3) is 0 Å². The first kappa shape index (κ1) is 11.1. The Morgan fingerprint density at radius 1 is 1.47 bits per heavy atom. The summed E-state index contributed by atoms with van der Waals surface area (Å²) < 4.78 is 11.4. The van der Waals surface area contributed by atoms with Gasteiger partial charge in [0.1, 0.15) is 0 Å². The second-order valence-corrected chi connectivity index (χ2v) is 4.91. The van der Waals surface area contributed by atoms with Crippen LogP contribution in [0.15, 0.2) is 12.7 Å². The molecule has 0 bridgehead atoms. The third-order valence-corrected chi connectivity index (χ3v) is 3.96. The second-order valence-electron chi connectivity index (χ2n) is 4.91. The third kappa shape index (κ3) is 1.84. The number of aliphatic hydroxyl groups excluding tert-OH is 1. The predicted molar refractivity (Wildman–Crippen MR) is 57.4 cm³/mol. The van der Waals surface area contributed by atoms with Crippen LogP contribution in [0.3, 0.4) is 0 Å². The molecule has 1 aliphatic carbocycles. The average molecular weight is 212 g/mol. The fraction of sp³-hybridized carbons (Fsp3) is 0.833. The van der Waals surface area contributed by atoms with Crippen molar-refractivity contribution in [3.8, 4) is 0 Å². The zero-order valence-electron chi connectivity index (χ0n) is 9.37. The fourth-order valence-corrected chi connectivity index (χ4v) is 2.82. The van der Waals surface area contributed by atoms with Crippen LogP contribution in [0.2, 0.25) is 0 Å². The molecule has 0 aromatic carbocycles. The van der Waals surface area contributed by atoms with E-state index >= 15 is 0 Å². The molecule has 0 unspecified atom stereocenters. The molecule has 2 rings (SSSR count). The molecule has 86 valence electrons. The minimum atomic E-state index is -0.394. The molecule has 1 saturated heterocycles. The molecular weight excluding hydrogens is 192 g/mol. The Kier molecular flexibility index (Phi) is 2.88. The first-order chi connectivity index (χ1) is 7.14. The lowest BCUT2D eigenvalue weighted by atomic mass is 9.65. The smallest absolute Gasteiger partial charge is 0.169 e. The van der Waals surface area contributed by atoms with Crippen molar-refractivity contribution in [1.29, 1.82) is 0 Å². The third-order valence-electron chi connectivity index (χ3n) is 3.96. The van der Waals surface area contributed by atoms with Gasteiger partial charge in [-0.25, -0.2) is 0 Å². The van der Waals surface area contributed by atoms with Crippen LogP contribution in [0.5, 0.6) is 0 Å². The molecule has 0 aromatic rings. The molecule has 0 radical (unpaired) electrons. The molecule has 3 nitrogen and oxygen atoms in total. The Labute approximate surface area is 91.1 Å². The monoisotopic (exact) mass is 212 g/mol. The van der Waals surface area contributed by atoms with Crippen LogP contribution in [-0.4, -0.2) is 30.7 Å². The Morgan fingerprint density at radius 2 is 2.13 bits per heavy atom. The molecule has 0 aromatic heterocycles. The largest absolute Gasteiger partial charge is 0.396 e. The van der Waals surface area contributed by atoms with Gasteiger partial charge in [0, 0.05) is 19.4 Å². The molecule has 15 heavy (non-hydrogen) atoms. The molecule has 3 heteroatoms. The van der Waals surface area contributed by atoms with Crippen LogP contribution in [-0.2, 0) is 9.47 Å². The Hall–Kier alpha value is -0.380. The molecule has 1 heterocycles. The highest BCUT2D eigenvalue weighted by Crippen LogP contribution is 2.49. The molecule has 1 N–H and O–H groups in total. The van der Waals surface area contributed by atoms with E-state index in [9.17, 15) is 5.11 Å². The maximum absolute atomic E-state index is 9.36. The summed E-state index contributed by atoms with van der Waals surface area (Å²) in [5.41, 5.74) is -0.0721. The number of aliphatic hydroxyl groups is 1. The Morgan fingerprint density at radius 3 is 2.67 bits per heavy atom. The summed E-state index contributed by atoms with van der Waals surface area (Å²) in [5.74, 6) is -0.109. The quantitative estimate of drug-likeness (QED) is 0.708. The topological polar surface area (TPSA) is 38.7 Å². The predicted octanol–water partition coefficient (Wildman–Crippen LogP) is 1.71. The highest BCUT2D eigenvalue weighted by atomic mass is 16.7. The van der Waals surface area contributed by atoms with Gasteiger partial charge in [-0.3, -0.25) is 0 Å². The van der Waals surface area contributed by atoms with E-state index in [0.717, 1.165) is 19.3 Å². The van der Waals surface area contributed by atoms with Crippen LogP contribution < -0.4 is 0 Å². The average Bonchev–Trinajstić information content (AvgIpc) is 2.67. The number of hydrogen-bond acceptors (Lipinski definition) is 3. The van der Waals surface area contributed by atoms with Crippen molar-refractivity contribution in [3.63, 3.8) is 0 Å². The summed E-state index contributed by atoms with van der Waals surface area (Å²) in [6.07, 6.45) is 4.59. The Balaban J connectivity index is 2.15. The van der Waals surface area contributed by atoms with Crippen molar-refractivity contribution in [2.45, 2.75) is 32.0 Å². The number of hydrogen-bond donors (Lipinski definition) is 1. The van der Waals surface area contributed by atoms with Gasteiger partial charge in [-0.05, 0) is 17.8 Å². The van der Waals surface area contributed by atoms with E-state index in [-0.39, 0.29) is 17.9 Å². The maximum atomic E-state index is 9.36. The number of ether oxygens (including phenoxy) is 2. The van der Waals surface area contributed by atoms with Crippen molar-refractivity contribution >= 4 is 0 Å². The van der Waals surface area contributed by atoms with Gasteiger partial charge in [-0.1, -0.05) is 13.0 Å². The maximum Gasteiger partial charge on any atom is 0.169 e. The zero-order valence-corrected chi connectivity index (χ0v) is 9.37. The minimum absolute atomic E-state index is 0.0721. The van der Waals surface area contributed by atoms with Gasteiger partial charge < -0.3 is 14.6 Å². The standard InChI is InChI=1S/C12H20O3/c1-3-11(2)9-12(14-6-7-15-12)5-4-10(11)8-13/h3,10,13H,1,4-9H2,2H3/t10-,11+/m1/s1. The molecule has 2 atom stereocenters. The van der Waals surface area contributed by atoms with Crippen LogP contribution in [0.1, 0.15) is 26.2 Å². The highest BCUT2D eigenvalue weighted by Gasteiger charge is 2.49. The lowest BCUT2D eigenvalue weighted by Gasteiger charge is -2.46. The first-order valence-electron chi connectivity index (χ1n) is 5.66. The van der Waals surface area contributed by atoms with E-state index in [4.69, 9.17) is 9.47 Å². The van der Waals surface area contributed by atoms with E-state index in [2.05, 4.69) is 13.5 Å². The first-order valence-corrected chi connectivity index (χ1v) is 5.66. The molecule has 2 fully saturated rings. The van der Waals surface area contributed by atoms with Crippen molar-refractivity contribution in [2.75, 3.05) is 19.8 Å². The van der Waals surface area contributed by atoms with Crippen molar-refractivity contribution in [3.05, 3.63) is 12.7 Å². The lowest BCUT2D eigenvalue weighted by Crippen LogP contribution is -2.46. The minimum Gasteiger partial charge on any atom is -0.396 e. The van der Waals surface area contributed by atoms with E-state index in [1.54, 1.807) is 0 Å². The molecule has 2 aliphatic rings. The summed E-state index contributed by atoms with van der Waals surface area (Å²) in [5, 5.41) is 9.36. The molecule has 0 amide bonds. The van der Waals surface area contributed by atoms with Gasteiger partial charge in [0.2, 0.25) is 0 Å². The summed E-state index contributed by atoms with van der Waals surface area (Å²) in [4.78, 5) is 0. The number of allylic oxidation sites excluding steroid dienone is 1. The van der Waals surface area contributed by atoms with Crippen LogP contribution in [0.4, 0.5) is 0 Å². The SMILES string of the molecule is C=C[C@@]1(C)CC2(CC[C@@H]1CO)OCCO2. The van der Waals surface area contributed by atoms with Gasteiger partial charge >= 0.3 is 0 Å². The van der Waals surface area contributed by atoms with Gasteiger partial charge in [0.05, 0.1) is 13.2 Å². The lowest BCUT2D eigenvalue weighted by molar-refractivity contribution is -0.206. The highest BCUT2D eigenvalue weighted by molar-refractivity contribution is 5.03. The summed E-state index contributed by atoms with van der Waals surface area (Å²) in [7, 11) is 0. The van der Waals surface area contributed by atoms with E-state index in [0.29, 0.717) is 13.2 Å². The molecule has 1 saturated carbocycles. The molecule has 1 spiro atoms. The van der Waals surface area contributed by atoms with Crippen LogP contribution >= 0.6 is 0 Å². The number of rotatable bonds is 2. The van der Waals surface area contributed by atoms with Gasteiger partial charge in [0.25, 0.3) is 0 Å². The van der Waals surface area contributed by atoms with Crippen LogP contribution in [0, 0.1) is 11.3 Å². The zero-order chi connectivity index (χ0) is 10.9. The van der Waals surface area contributed by atoms with Gasteiger partial charge in [-0.15, -0.1) is 6.58 Å². The fourth-order valence-electron chi connectivity index (χ4n) is 2.82. The van der Waals surface area contributed by atoms with Gasteiger partial charge in [0.15, 0.2) is 5.79 Å². The molecular formula is C12H20O3. The van der Waals surface area contributed by atoms with Crippen molar-refractivity contribution in [2.24, 2.45) is 11.3 Å². The van der Waals surface area contributed by atoms with Crippen molar-refractivity contribution < 1.29 is 14.6 Å². The normalized spacial score (nSPS) is 39.5. The van der Waals surface area contributed by atoms with Crippen molar-refractivity contribution in [1.82, 2.24) is 0 Å². The summed E-state index contributed by atoms with van der Waals surface area (Å²) in [6, 6.07) is 0. The summed E-state index contributed by atoms with van der Waals surface area (Å²) >= 11 is 0.